The van der Waals surface area contributed by atoms with Crippen LogP contribution in [-0.4, -0.2) is 84.6 Å². The van der Waals surface area contributed by atoms with Gasteiger partial charge in [-0.3, -0.25) is 9.69 Å². The van der Waals surface area contributed by atoms with Gasteiger partial charge in [-0.2, -0.15) is 0 Å². The van der Waals surface area contributed by atoms with Gasteiger partial charge in [-0.25, -0.2) is 0 Å². The Morgan fingerprint density at radius 3 is 2.57 bits per heavy atom. The highest BCUT2D eigenvalue weighted by atomic mass is 16.5. The molecular formula is C17H32N2O4. The molecule has 2 aliphatic rings. The number of piperazine rings is 1. The zero-order valence-electron chi connectivity index (χ0n) is 14.8. The Hall–Kier alpha value is -0.690. The first-order valence-corrected chi connectivity index (χ1v) is 8.82. The third-order valence-electron chi connectivity index (χ3n) is 4.45. The van der Waals surface area contributed by atoms with Gasteiger partial charge in [0.05, 0.1) is 18.3 Å². The van der Waals surface area contributed by atoms with Crippen molar-refractivity contribution in [3.8, 4) is 0 Å². The minimum atomic E-state index is -0.692. The molecule has 0 saturated carbocycles. The van der Waals surface area contributed by atoms with E-state index < -0.39 is 11.7 Å². The SMILES string of the molecule is C[C@H](OC[C@H]1CCCCO1)C(=O)N1CCN(CC(C)(C)O)CC1. The molecule has 0 aliphatic carbocycles. The Kier molecular flexibility index (Phi) is 6.83. The van der Waals surface area contributed by atoms with Gasteiger partial charge < -0.3 is 19.5 Å². The van der Waals surface area contributed by atoms with E-state index in [9.17, 15) is 9.90 Å². The molecule has 2 saturated heterocycles. The summed E-state index contributed by atoms with van der Waals surface area (Å²) < 4.78 is 11.4. The van der Waals surface area contributed by atoms with Crippen molar-refractivity contribution in [2.24, 2.45) is 0 Å². The fourth-order valence-corrected chi connectivity index (χ4v) is 3.19. The number of aliphatic hydroxyl groups is 1. The minimum Gasteiger partial charge on any atom is -0.389 e. The lowest BCUT2D eigenvalue weighted by atomic mass is 10.1. The number of carbonyl (C=O) groups is 1. The Morgan fingerprint density at radius 1 is 1.30 bits per heavy atom. The molecule has 134 valence electrons. The van der Waals surface area contributed by atoms with E-state index in [4.69, 9.17) is 9.47 Å². The number of hydrogen-bond donors (Lipinski definition) is 1. The van der Waals surface area contributed by atoms with E-state index in [2.05, 4.69) is 4.90 Å². The minimum absolute atomic E-state index is 0.0590. The predicted molar refractivity (Wildman–Crippen MR) is 88.3 cm³/mol. The zero-order valence-corrected chi connectivity index (χ0v) is 14.8. The van der Waals surface area contributed by atoms with Crippen LogP contribution in [0.2, 0.25) is 0 Å². The van der Waals surface area contributed by atoms with Gasteiger partial charge in [0.2, 0.25) is 0 Å². The molecule has 0 aromatic rings. The van der Waals surface area contributed by atoms with Crippen molar-refractivity contribution in [3.63, 3.8) is 0 Å². The van der Waals surface area contributed by atoms with Crippen LogP contribution in [0.25, 0.3) is 0 Å². The molecule has 0 bridgehead atoms. The predicted octanol–water partition coefficient (Wildman–Crippen LogP) is 0.876. The summed E-state index contributed by atoms with van der Waals surface area (Å²) in [6.45, 7) is 10.4. The topological polar surface area (TPSA) is 62.2 Å². The van der Waals surface area contributed by atoms with E-state index in [1.165, 1.54) is 6.42 Å². The fourth-order valence-electron chi connectivity index (χ4n) is 3.19. The van der Waals surface area contributed by atoms with E-state index in [-0.39, 0.29) is 12.0 Å². The molecule has 0 unspecified atom stereocenters. The van der Waals surface area contributed by atoms with Crippen LogP contribution in [0.3, 0.4) is 0 Å². The first-order chi connectivity index (χ1) is 10.8. The summed E-state index contributed by atoms with van der Waals surface area (Å²) in [6, 6.07) is 0. The number of carbonyl (C=O) groups excluding carboxylic acids is 1. The molecular weight excluding hydrogens is 296 g/mol. The van der Waals surface area contributed by atoms with Gasteiger partial charge >= 0.3 is 0 Å². The highest BCUT2D eigenvalue weighted by molar-refractivity contribution is 5.80. The van der Waals surface area contributed by atoms with E-state index in [1.54, 1.807) is 0 Å². The quantitative estimate of drug-likeness (QED) is 0.784. The molecule has 2 heterocycles. The van der Waals surface area contributed by atoms with Crippen LogP contribution < -0.4 is 0 Å². The van der Waals surface area contributed by atoms with Gasteiger partial charge in [0, 0.05) is 39.3 Å². The molecule has 0 aromatic carbocycles. The lowest BCUT2D eigenvalue weighted by Crippen LogP contribution is -2.54. The van der Waals surface area contributed by atoms with Gasteiger partial charge in [-0.1, -0.05) is 0 Å². The van der Waals surface area contributed by atoms with Crippen LogP contribution in [0.5, 0.6) is 0 Å². The second-order valence-corrected chi connectivity index (χ2v) is 7.38. The first-order valence-electron chi connectivity index (χ1n) is 8.82. The molecule has 1 N–H and O–H groups in total. The van der Waals surface area contributed by atoms with Gasteiger partial charge in [0.25, 0.3) is 5.91 Å². The summed E-state index contributed by atoms with van der Waals surface area (Å²) in [5, 5.41) is 9.87. The van der Waals surface area contributed by atoms with Crippen LogP contribution in [0.1, 0.15) is 40.0 Å². The fraction of sp³-hybridized carbons (Fsp3) is 0.941. The average molecular weight is 328 g/mol. The Morgan fingerprint density at radius 2 is 2.00 bits per heavy atom. The lowest BCUT2D eigenvalue weighted by molar-refractivity contribution is -0.148. The Labute approximate surface area is 139 Å². The summed E-state index contributed by atoms with van der Waals surface area (Å²) in [5.74, 6) is 0.0590. The second-order valence-electron chi connectivity index (χ2n) is 7.38. The number of ether oxygens (including phenoxy) is 2. The molecule has 0 aromatic heterocycles. The van der Waals surface area contributed by atoms with E-state index in [1.807, 2.05) is 25.7 Å². The average Bonchev–Trinajstić information content (AvgIpc) is 2.52. The molecule has 2 fully saturated rings. The van der Waals surface area contributed by atoms with Crippen molar-refractivity contribution in [1.29, 1.82) is 0 Å². The molecule has 6 nitrogen and oxygen atoms in total. The molecule has 2 atom stereocenters. The maximum absolute atomic E-state index is 12.5. The van der Waals surface area contributed by atoms with Crippen molar-refractivity contribution >= 4 is 5.91 Å². The molecule has 0 spiro atoms. The lowest BCUT2D eigenvalue weighted by Gasteiger charge is -2.38. The zero-order chi connectivity index (χ0) is 16.9. The molecule has 0 radical (unpaired) electrons. The van der Waals surface area contributed by atoms with Crippen molar-refractivity contribution < 1.29 is 19.4 Å². The number of nitrogens with zero attached hydrogens (tertiary/aromatic N) is 2. The third-order valence-corrected chi connectivity index (χ3v) is 4.45. The monoisotopic (exact) mass is 328 g/mol. The van der Waals surface area contributed by atoms with Gasteiger partial charge in [-0.15, -0.1) is 0 Å². The van der Waals surface area contributed by atoms with Crippen LogP contribution in [0.15, 0.2) is 0 Å². The van der Waals surface area contributed by atoms with E-state index in [0.717, 1.165) is 32.5 Å². The van der Waals surface area contributed by atoms with Crippen molar-refractivity contribution in [2.75, 3.05) is 45.9 Å². The molecule has 2 rings (SSSR count). The van der Waals surface area contributed by atoms with Crippen LogP contribution in [-0.2, 0) is 14.3 Å². The standard InChI is InChI=1S/C17H32N2O4/c1-14(23-12-15-6-4-5-11-22-15)16(20)19-9-7-18(8-10-19)13-17(2,3)21/h14-15,21H,4-13H2,1-3H3/t14-,15+/m0/s1. The van der Waals surface area contributed by atoms with Crippen molar-refractivity contribution in [3.05, 3.63) is 0 Å². The smallest absolute Gasteiger partial charge is 0.251 e. The summed E-state index contributed by atoms with van der Waals surface area (Å²) in [4.78, 5) is 16.5. The van der Waals surface area contributed by atoms with Crippen molar-refractivity contribution in [2.45, 2.75) is 57.8 Å². The molecule has 23 heavy (non-hydrogen) atoms. The number of amides is 1. The number of β-amino-alcohol motifs (C(OH)–C–C–N with tert-alkyl or cyclic N) is 1. The highest BCUT2D eigenvalue weighted by Gasteiger charge is 2.28. The summed E-state index contributed by atoms with van der Waals surface area (Å²) in [7, 11) is 0. The third kappa shape index (κ3) is 6.37. The van der Waals surface area contributed by atoms with Crippen molar-refractivity contribution in [1.82, 2.24) is 9.80 Å². The van der Waals surface area contributed by atoms with Crippen LogP contribution >= 0.6 is 0 Å². The molecule has 2 aliphatic heterocycles. The van der Waals surface area contributed by atoms with Gasteiger partial charge in [0.15, 0.2) is 0 Å². The number of hydrogen-bond acceptors (Lipinski definition) is 5. The Balaban J connectivity index is 1.69. The maximum Gasteiger partial charge on any atom is 0.251 e. The summed E-state index contributed by atoms with van der Waals surface area (Å²) in [6.07, 6.45) is 3.06. The van der Waals surface area contributed by atoms with Gasteiger partial charge in [-0.05, 0) is 40.0 Å². The largest absolute Gasteiger partial charge is 0.389 e. The van der Waals surface area contributed by atoms with E-state index >= 15 is 0 Å². The first kappa shape index (κ1) is 18.6. The van der Waals surface area contributed by atoms with Gasteiger partial charge in [0.1, 0.15) is 6.10 Å². The summed E-state index contributed by atoms with van der Waals surface area (Å²) >= 11 is 0. The maximum atomic E-state index is 12.5. The summed E-state index contributed by atoms with van der Waals surface area (Å²) in [5.41, 5.74) is -0.692. The van der Waals surface area contributed by atoms with E-state index in [0.29, 0.717) is 26.2 Å². The Bertz CT molecular complexity index is 369. The molecule has 1 amide bonds. The highest BCUT2D eigenvalue weighted by Crippen LogP contribution is 2.14. The molecule has 6 heteroatoms. The van der Waals surface area contributed by atoms with Crippen LogP contribution in [0.4, 0.5) is 0 Å². The second kappa shape index (κ2) is 8.42. The normalized spacial score (nSPS) is 25.4. The number of rotatable bonds is 6. The van der Waals surface area contributed by atoms with Crippen LogP contribution in [0, 0.1) is 0 Å².